The molecule has 0 aromatic heterocycles. The predicted octanol–water partition coefficient (Wildman–Crippen LogP) is 2.85. The predicted molar refractivity (Wildman–Crippen MR) is 95.7 cm³/mol. The molecule has 4 nitrogen and oxygen atoms in total. The molecule has 0 spiro atoms. The third-order valence-corrected chi connectivity index (χ3v) is 3.85. The molecule has 5 heteroatoms. The van der Waals surface area contributed by atoms with E-state index in [-0.39, 0.29) is 12.4 Å². The van der Waals surface area contributed by atoms with Crippen molar-refractivity contribution in [2.75, 3.05) is 33.4 Å². The van der Waals surface area contributed by atoms with Gasteiger partial charge in [0.25, 0.3) is 0 Å². The Morgan fingerprint density at radius 2 is 1.80 bits per heavy atom. The van der Waals surface area contributed by atoms with Gasteiger partial charge in [-0.15, -0.1) is 0 Å². The van der Waals surface area contributed by atoms with E-state index >= 15 is 0 Å². The highest BCUT2D eigenvalue weighted by molar-refractivity contribution is 5.17. The Bertz CT molecular complexity index is 609. The van der Waals surface area contributed by atoms with Crippen LogP contribution in [0.1, 0.15) is 11.1 Å². The molecule has 0 saturated heterocycles. The summed E-state index contributed by atoms with van der Waals surface area (Å²) in [6, 6.07) is 16.5. The van der Waals surface area contributed by atoms with Gasteiger partial charge in [0.2, 0.25) is 0 Å². The Labute approximate surface area is 148 Å². The molecule has 1 unspecified atom stereocenters. The van der Waals surface area contributed by atoms with Crippen LogP contribution in [0.15, 0.2) is 54.6 Å². The summed E-state index contributed by atoms with van der Waals surface area (Å²) in [6.45, 7) is 2.64. The van der Waals surface area contributed by atoms with Gasteiger partial charge in [-0.25, -0.2) is 4.39 Å². The lowest BCUT2D eigenvalue weighted by Crippen LogP contribution is -2.36. The first-order valence-corrected chi connectivity index (χ1v) is 8.43. The lowest BCUT2D eigenvalue weighted by Gasteiger charge is -2.25. The average molecular weight is 347 g/mol. The molecule has 0 bridgehead atoms. The molecule has 2 rings (SSSR count). The summed E-state index contributed by atoms with van der Waals surface area (Å²) < 4.78 is 24.5. The number of hydrogen-bond donors (Lipinski definition) is 1. The fourth-order valence-corrected chi connectivity index (χ4v) is 2.56. The van der Waals surface area contributed by atoms with Crippen LogP contribution in [-0.4, -0.2) is 49.5 Å². The molecule has 0 saturated carbocycles. The summed E-state index contributed by atoms with van der Waals surface area (Å²) in [6.07, 6.45) is -0.646. The molecule has 0 amide bonds. The molecule has 0 fully saturated rings. The van der Waals surface area contributed by atoms with Crippen LogP contribution in [0.25, 0.3) is 0 Å². The first kappa shape index (κ1) is 19.5. The average Bonchev–Trinajstić information content (AvgIpc) is 2.62. The number of benzene rings is 2. The SMILES string of the molecule is COCCN(Cc1ccccc1F)CC(O)COCc1ccccc1. The van der Waals surface area contributed by atoms with E-state index in [1.54, 1.807) is 19.2 Å². The van der Waals surface area contributed by atoms with Crippen LogP contribution in [0, 0.1) is 5.82 Å². The van der Waals surface area contributed by atoms with Gasteiger partial charge in [0.05, 0.1) is 25.9 Å². The minimum Gasteiger partial charge on any atom is -0.389 e. The van der Waals surface area contributed by atoms with Crippen LogP contribution >= 0.6 is 0 Å². The molecule has 0 heterocycles. The summed E-state index contributed by atoms with van der Waals surface area (Å²) in [7, 11) is 1.63. The summed E-state index contributed by atoms with van der Waals surface area (Å²) in [4.78, 5) is 1.97. The van der Waals surface area contributed by atoms with E-state index < -0.39 is 6.10 Å². The van der Waals surface area contributed by atoms with Crippen molar-refractivity contribution < 1.29 is 19.0 Å². The van der Waals surface area contributed by atoms with Crippen LogP contribution in [-0.2, 0) is 22.6 Å². The smallest absolute Gasteiger partial charge is 0.127 e. The highest BCUT2D eigenvalue weighted by Gasteiger charge is 2.14. The molecule has 25 heavy (non-hydrogen) atoms. The lowest BCUT2D eigenvalue weighted by molar-refractivity contribution is 0.00462. The summed E-state index contributed by atoms with van der Waals surface area (Å²) >= 11 is 0. The van der Waals surface area contributed by atoms with Gasteiger partial charge in [0.1, 0.15) is 5.82 Å². The first-order valence-electron chi connectivity index (χ1n) is 8.43. The number of aliphatic hydroxyl groups is 1. The standard InChI is InChI=1S/C20H26FNO3/c1-24-12-11-22(13-18-9-5-6-10-20(18)21)14-19(23)16-25-15-17-7-3-2-4-8-17/h2-10,19,23H,11-16H2,1H3. The Balaban J connectivity index is 1.82. The van der Waals surface area contributed by atoms with Crippen LogP contribution in [0.5, 0.6) is 0 Å². The zero-order chi connectivity index (χ0) is 17.9. The Hall–Kier alpha value is -1.79. The monoisotopic (exact) mass is 347 g/mol. The quantitative estimate of drug-likeness (QED) is 0.679. The van der Waals surface area contributed by atoms with E-state index in [1.807, 2.05) is 41.3 Å². The highest BCUT2D eigenvalue weighted by Crippen LogP contribution is 2.10. The normalized spacial score (nSPS) is 12.5. The largest absolute Gasteiger partial charge is 0.389 e. The van der Waals surface area contributed by atoms with Gasteiger partial charge < -0.3 is 14.6 Å². The number of halogens is 1. The van der Waals surface area contributed by atoms with Gasteiger partial charge >= 0.3 is 0 Å². The van der Waals surface area contributed by atoms with E-state index in [9.17, 15) is 9.50 Å². The van der Waals surface area contributed by atoms with Gasteiger partial charge in [0.15, 0.2) is 0 Å². The fourth-order valence-electron chi connectivity index (χ4n) is 2.56. The van der Waals surface area contributed by atoms with Crippen molar-refractivity contribution in [1.82, 2.24) is 4.90 Å². The summed E-state index contributed by atoms with van der Waals surface area (Å²) in [5.74, 6) is -0.236. The molecule has 0 radical (unpaired) electrons. The minimum atomic E-state index is -0.646. The molecule has 2 aromatic rings. The third kappa shape index (κ3) is 7.32. The van der Waals surface area contributed by atoms with E-state index in [2.05, 4.69) is 0 Å². The van der Waals surface area contributed by atoms with Crippen molar-refractivity contribution >= 4 is 0 Å². The van der Waals surface area contributed by atoms with E-state index in [1.165, 1.54) is 6.07 Å². The van der Waals surface area contributed by atoms with Crippen molar-refractivity contribution in [3.05, 3.63) is 71.5 Å². The van der Waals surface area contributed by atoms with Crippen LogP contribution in [0.3, 0.4) is 0 Å². The topological polar surface area (TPSA) is 41.9 Å². The molecule has 136 valence electrons. The second kappa shape index (κ2) is 10.9. The number of nitrogens with zero attached hydrogens (tertiary/aromatic N) is 1. The van der Waals surface area contributed by atoms with Gasteiger partial charge in [-0.1, -0.05) is 48.5 Å². The zero-order valence-electron chi connectivity index (χ0n) is 14.6. The maximum atomic E-state index is 13.9. The van der Waals surface area contributed by atoms with Crippen LogP contribution in [0.4, 0.5) is 4.39 Å². The van der Waals surface area contributed by atoms with Crippen molar-refractivity contribution in [3.63, 3.8) is 0 Å². The van der Waals surface area contributed by atoms with E-state index in [0.29, 0.717) is 38.4 Å². The molecular formula is C20H26FNO3. The molecule has 0 aliphatic heterocycles. The minimum absolute atomic E-state index is 0.232. The molecule has 1 atom stereocenters. The number of rotatable bonds is 11. The van der Waals surface area contributed by atoms with Gasteiger partial charge in [0, 0.05) is 32.3 Å². The van der Waals surface area contributed by atoms with Gasteiger partial charge in [-0.05, 0) is 11.6 Å². The Kier molecular flexibility index (Phi) is 8.55. The molecular weight excluding hydrogens is 321 g/mol. The first-order chi connectivity index (χ1) is 12.2. The number of hydrogen-bond acceptors (Lipinski definition) is 4. The lowest BCUT2D eigenvalue weighted by atomic mass is 10.2. The van der Waals surface area contributed by atoms with Crippen LogP contribution < -0.4 is 0 Å². The second-order valence-electron chi connectivity index (χ2n) is 5.97. The molecule has 0 aliphatic carbocycles. The second-order valence-corrected chi connectivity index (χ2v) is 5.97. The number of methoxy groups -OCH3 is 1. The fraction of sp³-hybridized carbons (Fsp3) is 0.400. The Morgan fingerprint density at radius 1 is 1.08 bits per heavy atom. The van der Waals surface area contributed by atoms with Crippen molar-refractivity contribution in [3.8, 4) is 0 Å². The maximum absolute atomic E-state index is 13.9. The maximum Gasteiger partial charge on any atom is 0.127 e. The van der Waals surface area contributed by atoms with Crippen molar-refractivity contribution in [1.29, 1.82) is 0 Å². The summed E-state index contributed by atoms with van der Waals surface area (Å²) in [5, 5.41) is 10.2. The zero-order valence-corrected chi connectivity index (χ0v) is 14.6. The Morgan fingerprint density at radius 3 is 2.52 bits per heavy atom. The van der Waals surface area contributed by atoms with E-state index in [4.69, 9.17) is 9.47 Å². The molecule has 2 aromatic carbocycles. The molecule has 0 aliphatic rings. The molecule has 1 N–H and O–H groups in total. The van der Waals surface area contributed by atoms with Crippen LogP contribution in [0.2, 0.25) is 0 Å². The third-order valence-electron chi connectivity index (χ3n) is 3.85. The van der Waals surface area contributed by atoms with Gasteiger partial charge in [-0.2, -0.15) is 0 Å². The highest BCUT2D eigenvalue weighted by atomic mass is 19.1. The van der Waals surface area contributed by atoms with Gasteiger partial charge in [-0.3, -0.25) is 4.90 Å². The number of ether oxygens (including phenoxy) is 2. The van der Waals surface area contributed by atoms with E-state index in [0.717, 1.165) is 5.56 Å². The summed E-state index contributed by atoms with van der Waals surface area (Å²) in [5.41, 5.74) is 1.67. The number of aliphatic hydroxyl groups excluding tert-OH is 1. The van der Waals surface area contributed by atoms with Crippen molar-refractivity contribution in [2.24, 2.45) is 0 Å². The van der Waals surface area contributed by atoms with Crippen molar-refractivity contribution in [2.45, 2.75) is 19.3 Å².